The van der Waals surface area contributed by atoms with Gasteiger partial charge in [0.1, 0.15) is 0 Å². The van der Waals surface area contributed by atoms with E-state index < -0.39 is 0 Å². The first kappa shape index (κ1) is 8.73. The summed E-state index contributed by atoms with van der Waals surface area (Å²) in [5.74, 6) is 0. The fraction of sp³-hybridized carbons (Fsp3) is 1.00. The van der Waals surface area contributed by atoms with Gasteiger partial charge in [0.05, 0.1) is 0 Å². The average Bonchev–Trinajstić information content (AvgIpc) is 1.66. The largest absolute Gasteiger partial charge is 0.0829 e. The van der Waals surface area contributed by atoms with Crippen LogP contribution in [0.15, 0.2) is 0 Å². The van der Waals surface area contributed by atoms with Crippen LogP contribution in [0, 0.1) is 0 Å². The second-order valence-corrected chi connectivity index (χ2v) is 4.40. The Hall–Kier alpha value is 0.730. The molecule has 0 aromatic rings. The van der Waals surface area contributed by atoms with Crippen molar-refractivity contribution < 1.29 is 0 Å². The molecule has 1 heteroatoms. The third-order valence-corrected chi connectivity index (χ3v) is 1.83. The molecule has 0 aliphatic rings. The van der Waals surface area contributed by atoms with Crippen LogP contribution in [0.4, 0.5) is 0 Å². The van der Waals surface area contributed by atoms with Crippen LogP contribution in [0.3, 0.4) is 0 Å². The van der Waals surface area contributed by atoms with E-state index in [1.54, 1.807) is 0 Å². The highest BCUT2D eigenvalue weighted by molar-refractivity contribution is 14.1. The van der Waals surface area contributed by atoms with Crippen molar-refractivity contribution in [2.24, 2.45) is 0 Å². The molecule has 0 unspecified atom stereocenters. The van der Waals surface area contributed by atoms with Crippen molar-refractivity contribution in [3.05, 3.63) is 0 Å². The molecule has 0 saturated carbocycles. The molecule has 1 atom stereocenters. The minimum absolute atomic E-state index is 0.874. The van der Waals surface area contributed by atoms with Gasteiger partial charge in [0, 0.05) is 3.92 Å². The van der Waals surface area contributed by atoms with Crippen LogP contribution < -0.4 is 0 Å². The lowest BCUT2D eigenvalue weighted by atomic mass is 10.2. The number of alkyl halides is 1. The van der Waals surface area contributed by atoms with Crippen molar-refractivity contribution in [1.29, 1.82) is 0 Å². The highest BCUT2D eigenvalue weighted by Gasteiger charge is 1.92. The molecule has 0 saturated heterocycles. The maximum Gasteiger partial charge on any atom is 0.00813 e. The van der Waals surface area contributed by atoms with Gasteiger partial charge in [0.25, 0.3) is 0 Å². The van der Waals surface area contributed by atoms with E-state index in [1.165, 1.54) is 25.7 Å². The molecule has 50 valence electrons. The van der Waals surface area contributed by atoms with Crippen LogP contribution in [-0.4, -0.2) is 3.92 Å². The molecular weight excluding hydrogens is 211 g/mol. The summed E-state index contributed by atoms with van der Waals surface area (Å²) in [5.41, 5.74) is 0. The van der Waals surface area contributed by atoms with Crippen molar-refractivity contribution in [3.8, 4) is 0 Å². The second kappa shape index (κ2) is 5.86. The predicted octanol–water partition coefficient (Wildman–Crippen LogP) is 3.39. The van der Waals surface area contributed by atoms with E-state index in [4.69, 9.17) is 0 Å². The molecular formula is C7H15I. The fourth-order valence-corrected chi connectivity index (χ4v) is 1.12. The van der Waals surface area contributed by atoms with Crippen LogP contribution in [-0.2, 0) is 0 Å². The van der Waals surface area contributed by atoms with Crippen LogP contribution in [0.5, 0.6) is 0 Å². The normalized spacial score (nSPS) is 13.9. The molecule has 0 aromatic carbocycles. The van der Waals surface area contributed by atoms with Crippen molar-refractivity contribution in [1.82, 2.24) is 0 Å². The summed E-state index contributed by atoms with van der Waals surface area (Å²) in [5, 5.41) is 0. The first-order chi connectivity index (χ1) is 3.77. The third kappa shape index (κ3) is 6.73. The lowest BCUT2D eigenvalue weighted by Crippen LogP contribution is -1.87. The van der Waals surface area contributed by atoms with Gasteiger partial charge in [-0.25, -0.2) is 0 Å². The average molecular weight is 226 g/mol. The van der Waals surface area contributed by atoms with Crippen molar-refractivity contribution in [2.75, 3.05) is 0 Å². The molecule has 0 aromatic heterocycles. The number of halogens is 1. The zero-order valence-electron chi connectivity index (χ0n) is 5.78. The number of hydrogen-bond donors (Lipinski definition) is 0. The van der Waals surface area contributed by atoms with Crippen molar-refractivity contribution in [2.45, 2.75) is 43.5 Å². The summed E-state index contributed by atoms with van der Waals surface area (Å²) in [7, 11) is 0. The lowest BCUT2D eigenvalue weighted by Gasteiger charge is -1.99. The molecule has 0 amide bonds. The van der Waals surface area contributed by atoms with Gasteiger partial charge in [0.2, 0.25) is 0 Å². The smallest absolute Gasteiger partial charge is 0.00813 e. The summed E-state index contributed by atoms with van der Waals surface area (Å²) in [6.45, 7) is 4.52. The van der Waals surface area contributed by atoms with E-state index in [0.717, 1.165) is 3.92 Å². The highest BCUT2D eigenvalue weighted by Crippen LogP contribution is 2.09. The molecule has 0 fully saturated rings. The fourth-order valence-electron chi connectivity index (χ4n) is 0.676. The first-order valence-electron chi connectivity index (χ1n) is 3.41. The monoisotopic (exact) mass is 226 g/mol. The number of hydrogen-bond acceptors (Lipinski definition) is 0. The van der Waals surface area contributed by atoms with Crippen molar-refractivity contribution >= 4 is 22.6 Å². The Bertz CT molecular complexity index is 41.7. The van der Waals surface area contributed by atoms with Gasteiger partial charge >= 0.3 is 0 Å². The van der Waals surface area contributed by atoms with E-state index >= 15 is 0 Å². The standard InChI is InChI=1S/C7H15I/c1-3-4-5-6-7(2)8/h7H,3-6H2,1-2H3/t7-/m0/s1. The predicted molar refractivity (Wildman–Crippen MR) is 47.6 cm³/mol. The third-order valence-electron chi connectivity index (χ3n) is 1.21. The molecule has 0 aliphatic carbocycles. The number of rotatable bonds is 4. The van der Waals surface area contributed by atoms with Crippen LogP contribution >= 0.6 is 22.6 Å². The van der Waals surface area contributed by atoms with Gasteiger partial charge in [-0.1, -0.05) is 55.7 Å². The van der Waals surface area contributed by atoms with Crippen LogP contribution in [0.1, 0.15) is 39.5 Å². The van der Waals surface area contributed by atoms with E-state index in [1.807, 2.05) is 0 Å². The van der Waals surface area contributed by atoms with E-state index in [0.29, 0.717) is 0 Å². The molecule has 0 rings (SSSR count). The van der Waals surface area contributed by atoms with Crippen LogP contribution in [0.25, 0.3) is 0 Å². The van der Waals surface area contributed by atoms with E-state index in [-0.39, 0.29) is 0 Å². The Morgan fingerprint density at radius 1 is 1.38 bits per heavy atom. The lowest BCUT2D eigenvalue weighted by molar-refractivity contribution is 0.673. The van der Waals surface area contributed by atoms with Crippen LogP contribution in [0.2, 0.25) is 0 Å². The van der Waals surface area contributed by atoms with E-state index in [2.05, 4.69) is 36.4 Å². The summed E-state index contributed by atoms with van der Waals surface area (Å²) in [6, 6.07) is 0. The molecule has 0 bridgehead atoms. The summed E-state index contributed by atoms with van der Waals surface area (Å²) in [4.78, 5) is 0. The second-order valence-electron chi connectivity index (χ2n) is 2.28. The van der Waals surface area contributed by atoms with Gasteiger partial charge in [-0.15, -0.1) is 0 Å². The molecule has 0 spiro atoms. The maximum atomic E-state index is 2.48. The maximum absolute atomic E-state index is 2.48. The zero-order chi connectivity index (χ0) is 6.41. The van der Waals surface area contributed by atoms with E-state index in [9.17, 15) is 0 Å². The minimum Gasteiger partial charge on any atom is -0.0829 e. The Balaban J connectivity index is 2.72. The molecule has 0 heterocycles. The SMILES string of the molecule is CCCCC[C@H](C)I. The molecule has 0 aliphatic heterocycles. The Labute approximate surface area is 66.2 Å². The van der Waals surface area contributed by atoms with Gasteiger partial charge in [0.15, 0.2) is 0 Å². The van der Waals surface area contributed by atoms with Crippen molar-refractivity contribution in [3.63, 3.8) is 0 Å². The summed E-state index contributed by atoms with van der Waals surface area (Å²) >= 11 is 2.48. The Morgan fingerprint density at radius 2 is 2.00 bits per heavy atom. The summed E-state index contributed by atoms with van der Waals surface area (Å²) in [6.07, 6.45) is 5.58. The Kier molecular flexibility index (Phi) is 6.39. The number of unbranched alkanes of at least 4 members (excludes halogenated alkanes) is 2. The van der Waals surface area contributed by atoms with Gasteiger partial charge in [-0.3, -0.25) is 0 Å². The molecule has 0 radical (unpaired) electrons. The summed E-state index contributed by atoms with van der Waals surface area (Å²) < 4.78 is 0.874. The zero-order valence-corrected chi connectivity index (χ0v) is 7.94. The van der Waals surface area contributed by atoms with Gasteiger partial charge in [-0.05, 0) is 6.42 Å². The Morgan fingerprint density at radius 3 is 2.38 bits per heavy atom. The van der Waals surface area contributed by atoms with Gasteiger partial charge < -0.3 is 0 Å². The topological polar surface area (TPSA) is 0 Å². The minimum atomic E-state index is 0.874. The molecule has 0 N–H and O–H groups in total. The van der Waals surface area contributed by atoms with Gasteiger partial charge in [-0.2, -0.15) is 0 Å². The molecule has 8 heavy (non-hydrogen) atoms. The quantitative estimate of drug-likeness (QED) is 0.391. The molecule has 0 nitrogen and oxygen atoms in total. The first-order valence-corrected chi connectivity index (χ1v) is 4.66. The highest BCUT2D eigenvalue weighted by atomic mass is 127.